The number of alkyl halides is 2. The average molecular weight is 247 g/mol. The van der Waals surface area contributed by atoms with Gasteiger partial charge in [0.15, 0.2) is 11.5 Å². The molecule has 0 radical (unpaired) electrons. The van der Waals surface area contributed by atoms with Crippen LogP contribution in [-0.4, -0.2) is 10.1 Å². The van der Waals surface area contributed by atoms with Crippen molar-refractivity contribution in [3.8, 4) is 11.5 Å². The van der Waals surface area contributed by atoms with E-state index < -0.39 is 10.1 Å². The van der Waals surface area contributed by atoms with E-state index in [1.807, 2.05) is 38.1 Å². The van der Waals surface area contributed by atoms with Crippen molar-refractivity contribution in [2.24, 2.45) is 0 Å². The van der Waals surface area contributed by atoms with E-state index >= 15 is 0 Å². The molecule has 0 fully saturated rings. The van der Waals surface area contributed by atoms with Gasteiger partial charge < -0.3 is 9.47 Å². The predicted octanol–water partition coefficient (Wildman–Crippen LogP) is 3.76. The summed E-state index contributed by atoms with van der Waals surface area (Å²) in [5, 5.41) is -1.17. The van der Waals surface area contributed by atoms with E-state index in [2.05, 4.69) is 0 Å². The molecule has 0 spiro atoms. The molecule has 1 aromatic carbocycles. The summed E-state index contributed by atoms with van der Waals surface area (Å²) in [7, 11) is 0. The van der Waals surface area contributed by atoms with E-state index in [9.17, 15) is 0 Å². The number of halogens is 2. The van der Waals surface area contributed by atoms with Gasteiger partial charge in [-0.25, -0.2) is 0 Å². The van der Waals surface area contributed by atoms with Gasteiger partial charge in [0.1, 0.15) is 0 Å². The summed E-state index contributed by atoms with van der Waals surface area (Å²) < 4.78 is 11.1. The van der Waals surface area contributed by atoms with Crippen molar-refractivity contribution in [1.29, 1.82) is 0 Å². The Labute approximate surface area is 99.1 Å². The lowest BCUT2D eigenvalue weighted by Gasteiger charge is -2.26. The molecule has 0 saturated heterocycles. The molecule has 0 saturated carbocycles. The van der Waals surface area contributed by atoms with Crippen LogP contribution in [0.4, 0.5) is 0 Å². The normalized spacial score (nSPS) is 17.9. The second-order valence-corrected chi connectivity index (χ2v) is 5.81. The molecule has 1 aliphatic rings. The van der Waals surface area contributed by atoms with Gasteiger partial charge in [-0.3, -0.25) is 0 Å². The van der Waals surface area contributed by atoms with Crippen LogP contribution in [0.5, 0.6) is 11.5 Å². The third-order valence-electron chi connectivity index (χ3n) is 2.01. The van der Waals surface area contributed by atoms with Gasteiger partial charge in [0.25, 0.3) is 0 Å². The van der Waals surface area contributed by atoms with Gasteiger partial charge in [-0.2, -0.15) is 0 Å². The van der Waals surface area contributed by atoms with Crippen molar-refractivity contribution in [2.45, 2.75) is 30.4 Å². The molecule has 0 aromatic heterocycles. The number of hydrogen-bond acceptors (Lipinski definition) is 2. The Balaban J connectivity index is 2.18. The molecule has 4 heteroatoms. The fourth-order valence-electron chi connectivity index (χ4n) is 1.54. The maximum Gasteiger partial charge on any atom is 0.334 e. The number of benzene rings is 1. The highest BCUT2D eigenvalue weighted by atomic mass is 35.5. The van der Waals surface area contributed by atoms with Crippen molar-refractivity contribution >= 4 is 23.2 Å². The van der Waals surface area contributed by atoms with Crippen molar-refractivity contribution in [1.82, 2.24) is 0 Å². The monoisotopic (exact) mass is 246 g/mol. The molecule has 1 heterocycles. The lowest BCUT2D eigenvalue weighted by Crippen LogP contribution is -2.37. The molecule has 0 amide bonds. The van der Waals surface area contributed by atoms with Crippen LogP contribution in [0, 0.1) is 0 Å². The number of ether oxygens (including phenoxy) is 2. The van der Waals surface area contributed by atoms with E-state index in [1.54, 1.807) is 0 Å². The number of para-hydroxylation sites is 2. The van der Waals surface area contributed by atoms with E-state index in [0.717, 1.165) is 0 Å². The molecule has 1 aliphatic heterocycles. The molecule has 0 aliphatic carbocycles. The van der Waals surface area contributed by atoms with Gasteiger partial charge in [0.2, 0.25) is 0 Å². The lowest BCUT2D eigenvalue weighted by molar-refractivity contribution is -0.0108. The van der Waals surface area contributed by atoms with Crippen molar-refractivity contribution in [3.05, 3.63) is 24.3 Å². The Bertz CT molecular complexity index is 346. The van der Waals surface area contributed by atoms with E-state index in [0.29, 0.717) is 17.9 Å². The van der Waals surface area contributed by atoms with Gasteiger partial charge in [-0.05, 0) is 37.6 Å². The van der Waals surface area contributed by atoms with Crippen molar-refractivity contribution in [3.63, 3.8) is 0 Å². The first kappa shape index (κ1) is 10.9. The van der Waals surface area contributed by atoms with Crippen LogP contribution in [0.15, 0.2) is 24.3 Å². The summed E-state index contributed by atoms with van der Waals surface area (Å²) in [4.78, 5) is -0.468. The second kappa shape index (κ2) is 3.46. The van der Waals surface area contributed by atoms with Crippen LogP contribution in [0.25, 0.3) is 0 Å². The summed E-state index contributed by atoms with van der Waals surface area (Å²) in [6, 6.07) is 7.38. The topological polar surface area (TPSA) is 18.5 Å². The second-order valence-electron chi connectivity index (χ2n) is 4.21. The molecule has 2 nitrogen and oxygen atoms in total. The van der Waals surface area contributed by atoms with Gasteiger partial charge >= 0.3 is 5.25 Å². The van der Waals surface area contributed by atoms with E-state index in [-0.39, 0.29) is 0 Å². The fourth-order valence-corrected chi connectivity index (χ4v) is 2.29. The first-order chi connectivity index (χ1) is 6.88. The number of hydrogen-bond donors (Lipinski definition) is 0. The Morgan fingerprint density at radius 3 is 2.07 bits per heavy atom. The van der Waals surface area contributed by atoms with Gasteiger partial charge in [0.05, 0.1) is 6.42 Å². The Morgan fingerprint density at radius 2 is 1.67 bits per heavy atom. The summed E-state index contributed by atoms with van der Waals surface area (Å²) in [6.45, 7) is 3.74. The summed E-state index contributed by atoms with van der Waals surface area (Å²) in [6.07, 6.45) is 0.401. The van der Waals surface area contributed by atoms with Gasteiger partial charge in [-0.15, -0.1) is 11.6 Å². The SMILES string of the molecule is CC(C)(Cl)CC1(Cl)Oc2ccccc2O1. The van der Waals surface area contributed by atoms with Gasteiger partial charge in [-0.1, -0.05) is 12.1 Å². The van der Waals surface area contributed by atoms with Crippen molar-refractivity contribution in [2.75, 3.05) is 0 Å². The molecule has 15 heavy (non-hydrogen) atoms. The summed E-state index contributed by atoms with van der Waals surface area (Å²) in [5.74, 6) is 1.32. The number of fused-ring (bicyclic) bond motifs is 1. The van der Waals surface area contributed by atoms with Crippen LogP contribution in [0.3, 0.4) is 0 Å². The molecular formula is C11H12Cl2O2. The molecule has 82 valence electrons. The smallest absolute Gasteiger partial charge is 0.334 e. The third-order valence-corrected chi connectivity index (χ3v) is 2.43. The first-order valence-corrected chi connectivity index (χ1v) is 5.48. The zero-order valence-corrected chi connectivity index (χ0v) is 10.1. The zero-order valence-electron chi connectivity index (χ0n) is 8.59. The zero-order chi connectivity index (χ0) is 11.1. The quantitative estimate of drug-likeness (QED) is 0.741. The highest BCUT2D eigenvalue weighted by molar-refractivity contribution is 6.26. The maximum atomic E-state index is 6.19. The van der Waals surface area contributed by atoms with Crippen LogP contribution >= 0.6 is 23.2 Å². The van der Waals surface area contributed by atoms with Crippen molar-refractivity contribution < 1.29 is 9.47 Å². The minimum absolute atomic E-state index is 0.401. The first-order valence-electron chi connectivity index (χ1n) is 4.73. The minimum atomic E-state index is -1.17. The van der Waals surface area contributed by atoms with E-state index in [4.69, 9.17) is 32.7 Å². The van der Waals surface area contributed by atoms with Crippen LogP contribution < -0.4 is 9.47 Å². The minimum Gasteiger partial charge on any atom is -0.435 e. The third kappa shape index (κ3) is 2.50. The molecule has 1 aromatic rings. The average Bonchev–Trinajstić information content (AvgIpc) is 2.35. The highest BCUT2D eigenvalue weighted by Gasteiger charge is 2.43. The molecule has 2 rings (SSSR count). The molecular weight excluding hydrogens is 235 g/mol. The van der Waals surface area contributed by atoms with Crippen LogP contribution in [0.2, 0.25) is 0 Å². The number of rotatable bonds is 2. The highest BCUT2D eigenvalue weighted by Crippen LogP contribution is 2.44. The summed E-state index contributed by atoms with van der Waals surface area (Å²) >= 11 is 12.3. The predicted molar refractivity (Wildman–Crippen MR) is 60.8 cm³/mol. The Kier molecular flexibility index (Phi) is 2.52. The maximum absolute atomic E-state index is 6.19. The Morgan fingerprint density at radius 1 is 1.20 bits per heavy atom. The largest absolute Gasteiger partial charge is 0.435 e. The lowest BCUT2D eigenvalue weighted by atomic mass is 10.1. The van der Waals surface area contributed by atoms with Crippen LogP contribution in [0.1, 0.15) is 20.3 Å². The molecule has 0 N–H and O–H groups in total. The summed E-state index contributed by atoms with van der Waals surface area (Å²) in [5.41, 5.74) is 0. The van der Waals surface area contributed by atoms with E-state index in [1.165, 1.54) is 0 Å². The molecule has 0 unspecified atom stereocenters. The van der Waals surface area contributed by atoms with Crippen LogP contribution in [-0.2, 0) is 0 Å². The standard InChI is InChI=1S/C11H12Cl2O2/c1-10(2,12)7-11(13)14-8-5-3-4-6-9(8)15-11/h3-6H,7H2,1-2H3. The molecule has 0 bridgehead atoms. The fraction of sp³-hybridized carbons (Fsp3) is 0.455. The molecule has 0 atom stereocenters. The van der Waals surface area contributed by atoms with Gasteiger partial charge in [0, 0.05) is 4.87 Å². The Hall–Kier alpha value is -0.600.